The number of aryl methyl sites for hydroxylation is 2. The SMILES string of the molecule is COc1ccc(NC(=O)C(C)Sc2nccn2-c2ccc(C)c(C)c2)cc1OC. The third kappa shape index (κ3) is 4.74. The van der Waals surface area contributed by atoms with Crippen LogP contribution in [0.3, 0.4) is 0 Å². The second kappa shape index (κ2) is 9.05. The Morgan fingerprint density at radius 2 is 1.83 bits per heavy atom. The predicted molar refractivity (Wildman–Crippen MR) is 117 cm³/mol. The van der Waals surface area contributed by atoms with Gasteiger partial charge in [-0.3, -0.25) is 9.36 Å². The maximum atomic E-state index is 12.7. The molecule has 0 aliphatic carbocycles. The van der Waals surface area contributed by atoms with E-state index < -0.39 is 0 Å². The van der Waals surface area contributed by atoms with Crippen molar-refractivity contribution in [2.24, 2.45) is 0 Å². The molecule has 0 bridgehead atoms. The van der Waals surface area contributed by atoms with Crippen molar-refractivity contribution in [3.8, 4) is 17.2 Å². The molecule has 0 spiro atoms. The molecule has 2 aromatic carbocycles. The van der Waals surface area contributed by atoms with Gasteiger partial charge in [0.25, 0.3) is 0 Å². The summed E-state index contributed by atoms with van der Waals surface area (Å²) >= 11 is 1.41. The van der Waals surface area contributed by atoms with Crippen molar-refractivity contribution in [1.82, 2.24) is 9.55 Å². The highest BCUT2D eigenvalue weighted by Crippen LogP contribution is 2.31. The zero-order chi connectivity index (χ0) is 21.0. The van der Waals surface area contributed by atoms with Crippen molar-refractivity contribution < 1.29 is 14.3 Å². The molecule has 1 heterocycles. The van der Waals surface area contributed by atoms with Crippen LogP contribution in [0.1, 0.15) is 18.1 Å². The minimum atomic E-state index is -0.337. The van der Waals surface area contributed by atoms with Crippen LogP contribution in [0.4, 0.5) is 5.69 Å². The summed E-state index contributed by atoms with van der Waals surface area (Å²) in [6, 6.07) is 11.6. The topological polar surface area (TPSA) is 65.4 Å². The Bertz CT molecular complexity index is 1020. The first-order valence-electron chi connectivity index (χ1n) is 9.23. The number of anilines is 1. The summed E-state index contributed by atoms with van der Waals surface area (Å²) < 4.78 is 12.5. The summed E-state index contributed by atoms with van der Waals surface area (Å²) in [7, 11) is 3.14. The van der Waals surface area contributed by atoms with Crippen molar-refractivity contribution >= 4 is 23.4 Å². The molecule has 3 rings (SSSR count). The van der Waals surface area contributed by atoms with E-state index in [-0.39, 0.29) is 11.2 Å². The Hall–Kier alpha value is -2.93. The first-order valence-corrected chi connectivity index (χ1v) is 10.1. The Balaban J connectivity index is 1.72. The van der Waals surface area contributed by atoms with Gasteiger partial charge in [0.15, 0.2) is 16.7 Å². The van der Waals surface area contributed by atoms with Crippen molar-refractivity contribution in [3.05, 3.63) is 59.9 Å². The van der Waals surface area contributed by atoms with Crippen molar-refractivity contribution in [1.29, 1.82) is 0 Å². The molecule has 1 amide bonds. The number of aromatic nitrogens is 2. The lowest BCUT2D eigenvalue weighted by Gasteiger charge is -2.15. The molecule has 6 nitrogen and oxygen atoms in total. The number of thioether (sulfide) groups is 1. The van der Waals surface area contributed by atoms with Crippen LogP contribution in [0, 0.1) is 13.8 Å². The number of hydrogen-bond donors (Lipinski definition) is 1. The Labute approximate surface area is 175 Å². The smallest absolute Gasteiger partial charge is 0.237 e. The number of nitrogens with one attached hydrogen (secondary N) is 1. The van der Waals surface area contributed by atoms with E-state index in [2.05, 4.69) is 42.3 Å². The fourth-order valence-corrected chi connectivity index (χ4v) is 3.70. The summed E-state index contributed by atoms with van der Waals surface area (Å²) in [6.07, 6.45) is 3.65. The molecule has 1 N–H and O–H groups in total. The van der Waals surface area contributed by atoms with Gasteiger partial charge in [0, 0.05) is 29.8 Å². The van der Waals surface area contributed by atoms with Crippen molar-refractivity contribution in [3.63, 3.8) is 0 Å². The third-order valence-corrected chi connectivity index (χ3v) is 5.76. The van der Waals surface area contributed by atoms with Gasteiger partial charge in [-0.05, 0) is 56.2 Å². The number of nitrogens with zero attached hydrogens (tertiary/aromatic N) is 2. The van der Waals surface area contributed by atoms with E-state index in [1.54, 1.807) is 38.6 Å². The van der Waals surface area contributed by atoms with Crippen LogP contribution in [-0.4, -0.2) is 34.9 Å². The molecule has 7 heteroatoms. The molecule has 1 aromatic heterocycles. The molecule has 152 valence electrons. The molecule has 0 radical (unpaired) electrons. The molecule has 29 heavy (non-hydrogen) atoms. The number of hydrogen-bond acceptors (Lipinski definition) is 5. The number of carbonyl (C=O) groups excluding carboxylic acids is 1. The summed E-state index contributed by atoms with van der Waals surface area (Å²) in [5.74, 6) is 1.07. The normalized spacial score (nSPS) is 11.8. The van der Waals surface area contributed by atoms with Crippen LogP contribution in [0.2, 0.25) is 0 Å². The van der Waals surface area contributed by atoms with Crippen molar-refractivity contribution in [2.45, 2.75) is 31.2 Å². The Morgan fingerprint density at radius 3 is 2.52 bits per heavy atom. The lowest BCUT2D eigenvalue weighted by Crippen LogP contribution is -2.22. The first-order chi connectivity index (χ1) is 13.9. The van der Waals surface area contributed by atoms with Gasteiger partial charge in [0.05, 0.1) is 19.5 Å². The molecule has 0 aliphatic rings. The van der Waals surface area contributed by atoms with Gasteiger partial charge in [-0.1, -0.05) is 17.8 Å². The highest BCUT2D eigenvalue weighted by atomic mass is 32.2. The average molecular weight is 412 g/mol. The van der Waals surface area contributed by atoms with Gasteiger partial charge >= 0.3 is 0 Å². The largest absolute Gasteiger partial charge is 0.493 e. The predicted octanol–water partition coefficient (Wildman–Crippen LogP) is 4.63. The third-order valence-electron chi connectivity index (χ3n) is 4.68. The number of carbonyl (C=O) groups is 1. The minimum absolute atomic E-state index is 0.114. The van der Waals surface area contributed by atoms with E-state index >= 15 is 0 Å². The zero-order valence-corrected chi connectivity index (χ0v) is 18.0. The molecule has 0 saturated heterocycles. The monoisotopic (exact) mass is 411 g/mol. The van der Waals surface area contributed by atoms with Crippen LogP contribution in [0.15, 0.2) is 53.9 Å². The van der Waals surface area contributed by atoms with E-state index in [1.165, 1.54) is 22.9 Å². The van der Waals surface area contributed by atoms with Crippen LogP contribution >= 0.6 is 11.8 Å². The maximum Gasteiger partial charge on any atom is 0.237 e. The molecule has 1 unspecified atom stereocenters. The fourth-order valence-electron chi connectivity index (χ4n) is 2.82. The van der Waals surface area contributed by atoms with Crippen LogP contribution in [-0.2, 0) is 4.79 Å². The average Bonchev–Trinajstić information content (AvgIpc) is 3.17. The second-order valence-corrected chi connectivity index (χ2v) is 7.98. The number of ether oxygens (including phenoxy) is 2. The number of rotatable bonds is 7. The van der Waals surface area contributed by atoms with Crippen molar-refractivity contribution in [2.75, 3.05) is 19.5 Å². The quantitative estimate of drug-likeness (QED) is 0.575. The molecule has 0 fully saturated rings. The van der Waals surface area contributed by atoms with E-state index in [1.807, 2.05) is 17.7 Å². The van der Waals surface area contributed by atoms with Gasteiger partial charge in [0.2, 0.25) is 5.91 Å². The summed E-state index contributed by atoms with van der Waals surface area (Å²) in [6.45, 7) is 6.03. The lowest BCUT2D eigenvalue weighted by molar-refractivity contribution is -0.115. The van der Waals surface area contributed by atoms with Gasteiger partial charge < -0.3 is 14.8 Å². The van der Waals surface area contributed by atoms with E-state index in [0.717, 1.165) is 10.8 Å². The highest BCUT2D eigenvalue weighted by Gasteiger charge is 2.19. The van der Waals surface area contributed by atoms with Crippen LogP contribution in [0.5, 0.6) is 11.5 Å². The number of methoxy groups -OCH3 is 2. The lowest BCUT2D eigenvalue weighted by atomic mass is 10.1. The summed E-state index contributed by atoms with van der Waals surface area (Å²) in [5.41, 5.74) is 4.13. The molecule has 0 saturated carbocycles. The second-order valence-electron chi connectivity index (χ2n) is 6.67. The number of amides is 1. The van der Waals surface area contributed by atoms with Gasteiger partial charge in [-0.2, -0.15) is 0 Å². The summed E-state index contributed by atoms with van der Waals surface area (Å²) in [4.78, 5) is 17.1. The zero-order valence-electron chi connectivity index (χ0n) is 17.2. The fraction of sp³-hybridized carbons (Fsp3) is 0.273. The Morgan fingerprint density at radius 1 is 1.07 bits per heavy atom. The molecule has 0 aliphatic heterocycles. The maximum absolute atomic E-state index is 12.7. The minimum Gasteiger partial charge on any atom is -0.493 e. The summed E-state index contributed by atoms with van der Waals surface area (Å²) in [5, 5.41) is 3.35. The molecule has 3 aromatic rings. The number of imidazole rings is 1. The van der Waals surface area contributed by atoms with Gasteiger partial charge in [-0.25, -0.2) is 4.98 Å². The van der Waals surface area contributed by atoms with Crippen LogP contribution in [0.25, 0.3) is 5.69 Å². The van der Waals surface area contributed by atoms with Gasteiger partial charge in [0.1, 0.15) is 0 Å². The first kappa shape index (κ1) is 20.8. The van der Waals surface area contributed by atoms with Crippen LogP contribution < -0.4 is 14.8 Å². The standard InChI is InChI=1S/C22H25N3O3S/c1-14-6-8-18(12-15(14)2)25-11-10-23-22(25)29-16(3)21(26)24-17-7-9-19(27-4)20(13-17)28-5/h6-13,16H,1-5H3,(H,24,26). The van der Waals surface area contributed by atoms with Gasteiger partial charge in [-0.15, -0.1) is 0 Å². The Kier molecular flexibility index (Phi) is 6.49. The highest BCUT2D eigenvalue weighted by molar-refractivity contribution is 8.00. The number of benzene rings is 2. The van der Waals surface area contributed by atoms with E-state index in [0.29, 0.717) is 17.2 Å². The molecule has 1 atom stereocenters. The molecular weight excluding hydrogens is 386 g/mol. The van der Waals surface area contributed by atoms with E-state index in [4.69, 9.17) is 9.47 Å². The molecular formula is C22H25N3O3S. The van der Waals surface area contributed by atoms with E-state index in [9.17, 15) is 4.79 Å².